The minimum Gasteiger partial charge on any atom is -0.278 e. The number of benzene rings is 2. The van der Waals surface area contributed by atoms with E-state index in [1.165, 1.54) is 12.5 Å². The van der Waals surface area contributed by atoms with Gasteiger partial charge in [-0.2, -0.15) is 10.2 Å². The highest BCUT2D eigenvalue weighted by Crippen LogP contribution is 2.21. The Morgan fingerprint density at radius 1 is 0.889 bits per heavy atom. The van der Waals surface area contributed by atoms with Crippen molar-refractivity contribution < 1.29 is 16.8 Å². The van der Waals surface area contributed by atoms with Crippen LogP contribution in [0.1, 0.15) is 0 Å². The highest BCUT2D eigenvalue weighted by atomic mass is 127. The van der Waals surface area contributed by atoms with E-state index in [2.05, 4.69) is 43.0 Å². The molecule has 0 spiro atoms. The fourth-order valence-corrected chi connectivity index (χ4v) is 4.20. The molecule has 4 rings (SSSR count). The maximum Gasteiger partial charge on any atom is 0.175 e. The molecule has 0 aliphatic rings. The predicted molar refractivity (Wildman–Crippen MR) is 111 cm³/mol. The molecule has 0 amide bonds. The standard InChI is InChI=1S/C8H7IN2O2S.C8H8N2O2S/c1-14(12,13)5-2-3-6-7(4-5)10-11-8(6)9;1-13(11,12)7-3-2-6-5-9-10-8(6)4-7/h2-4H,1H3,(H,10,11);2-5H,1H3,(H,9,10). The van der Waals surface area contributed by atoms with Crippen LogP contribution in [-0.4, -0.2) is 49.7 Å². The van der Waals surface area contributed by atoms with Crippen molar-refractivity contribution in [1.82, 2.24) is 20.4 Å². The molecule has 0 aliphatic heterocycles. The zero-order valence-electron chi connectivity index (χ0n) is 14.3. The van der Waals surface area contributed by atoms with Crippen molar-refractivity contribution in [3.05, 3.63) is 46.3 Å². The van der Waals surface area contributed by atoms with E-state index in [-0.39, 0.29) is 0 Å². The molecule has 0 aliphatic carbocycles. The van der Waals surface area contributed by atoms with Gasteiger partial charge in [0.05, 0.1) is 27.0 Å². The maximum absolute atomic E-state index is 11.2. The Hall–Kier alpha value is -1.99. The first-order valence-corrected chi connectivity index (χ1v) is 12.4. The quantitative estimate of drug-likeness (QED) is 0.393. The molecule has 0 fully saturated rings. The van der Waals surface area contributed by atoms with Crippen LogP contribution >= 0.6 is 22.6 Å². The van der Waals surface area contributed by atoms with Gasteiger partial charge in [-0.1, -0.05) is 0 Å². The van der Waals surface area contributed by atoms with Crippen LogP contribution in [0.25, 0.3) is 21.8 Å². The van der Waals surface area contributed by atoms with Crippen LogP contribution in [0.2, 0.25) is 0 Å². The number of nitrogens with zero attached hydrogens (tertiary/aromatic N) is 2. The van der Waals surface area contributed by atoms with E-state index < -0.39 is 19.7 Å². The molecule has 8 nitrogen and oxygen atoms in total. The Bertz CT molecular complexity index is 1340. The summed E-state index contributed by atoms with van der Waals surface area (Å²) in [5.74, 6) is 0. The van der Waals surface area contributed by atoms with Crippen molar-refractivity contribution in [2.75, 3.05) is 12.5 Å². The SMILES string of the molecule is CS(=O)(=O)c1ccc2c(I)[nH]nc2c1.CS(=O)(=O)c1ccc2cn[nH]c2c1. The summed E-state index contributed by atoms with van der Waals surface area (Å²) in [5.41, 5.74) is 1.42. The second-order valence-corrected chi connectivity index (χ2v) is 11.0. The zero-order chi connectivity index (χ0) is 19.8. The van der Waals surface area contributed by atoms with Crippen molar-refractivity contribution in [2.45, 2.75) is 9.79 Å². The third kappa shape index (κ3) is 4.47. The molecule has 0 saturated carbocycles. The van der Waals surface area contributed by atoms with E-state index in [0.29, 0.717) is 15.3 Å². The van der Waals surface area contributed by atoms with Gasteiger partial charge in [0, 0.05) is 23.3 Å². The van der Waals surface area contributed by atoms with Gasteiger partial charge < -0.3 is 0 Å². The number of hydrogen-bond donors (Lipinski definition) is 2. The van der Waals surface area contributed by atoms with Crippen LogP contribution in [0, 0.1) is 3.70 Å². The Balaban J connectivity index is 0.000000156. The first kappa shape index (κ1) is 19.8. The first-order valence-electron chi connectivity index (χ1n) is 7.52. The molecular formula is C16H15IN4O4S2. The van der Waals surface area contributed by atoms with Crippen molar-refractivity contribution in [2.24, 2.45) is 0 Å². The number of halogens is 1. The van der Waals surface area contributed by atoms with Gasteiger partial charge in [-0.15, -0.1) is 0 Å². The van der Waals surface area contributed by atoms with Crippen LogP contribution in [-0.2, 0) is 19.7 Å². The van der Waals surface area contributed by atoms with Crippen LogP contribution in [0.3, 0.4) is 0 Å². The second kappa shape index (κ2) is 7.20. The molecule has 27 heavy (non-hydrogen) atoms. The van der Waals surface area contributed by atoms with Crippen molar-refractivity contribution in [1.29, 1.82) is 0 Å². The smallest absolute Gasteiger partial charge is 0.175 e. The number of sulfone groups is 2. The summed E-state index contributed by atoms with van der Waals surface area (Å²) < 4.78 is 45.7. The third-order valence-corrected chi connectivity index (χ3v) is 6.79. The van der Waals surface area contributed by atoms with Gasteiger partial charge in [0.15, 0.2) is 19.7 Å². The van der Waals surface area contributed by atoms with Gasteiger partial charge >= 0.3 is 0 Å². The van der Waals surface area contributed by atoms with E-state index >= 15 is 0 Å². The van der Waals surface area contributed by atoms with E-state index in [9.17, 15) is 16.8 Å². The highest BCUT2D eigenvalue weighted by molar-refractivity contribution is 14.1. The van der Waals surface area contributed by atoms with Gasteiger partial charge in [0.25, 0.3) is 0 Å². The summed E-state index contributed by atoms with van der Waals surface area (Å²) in [5, 5.41) is 15.2. The lowest BCUT2D eigenvalue weighted by Crippen LogP contribution is -1.96. The van der Waals surface area contributed by atoms with Gasteiger partial charge in [-0.25, -0.2) is 16.8 Å². The largest absolute Gasteiger partial charge is 0.278 e. The van der Waals surface area contributed by atoms with E-state index in [4.69, 9.17) is 0 Å². The molecule has 4 aromatic rings. The number of fused-ring (bicyclic) bond motifs is 2. The minimum atomic E-state index is -3.14. The van der Waals surface area contributed by atoms with Crippen molar-refractivity contribution in [3.63, 3.8) is 0 Å². The molecule has 2 aromatic carbocycles. The number of nitrogens with one attached hydrogen (secondary N) is 2. The highest BCUT2D eigenvalue weighted by Gasteiger charge is 2.10. The fraction of sp³-hybridized carbons (Fsp3) is 0.125. The Labute approximate surface area is 169 Å². The summed E-state index contributed by atoms with van der Waals surface area (Å²) >= 11 is 2.12. The molecule has 11 heteroatoms. The first-order chi connectivity index (χ1) is 12.6. The summed E-state index contributed by atoms with van der Waals surface area (Å²) in [7, 11) is -6.26. The summed E-state index contributed by atoms with van der Waals surface area (Å²) in [4.78, 5) is 0.608. The molecule has 2 heterocycles. The Morgan fingerprint density at radius 3 is 2.19 bits per heavy atom. The van der Waals surface area contributed by atoms with Crippen LogP contribution in [0.5, 0.6) is 0 Å². The average molecular weight is 518 g/mol. The maximum atomic E-state index is 11.2. The summed E-state index contributed by atoms with van der Waals surface area (Å²) in [6.07, 6.45) is 4.03. The van der Waals surface area contributed by atoms with Gasteiger partial charge in [-0.3, -0.25) is 10.2 Å². The van der Waals surface area contributed by atoms with E-state index in [1.807, 2.05) is 0 Å². The number of H-pyrrole nitrogens is 2. The lowest BCUT2D eigenvalue weighted by Gasteiger charge is -1.96. The molecule has 0 radical (unpaired) electrons. The van der Waals surface area contributed by atoms with Crippen molar-refractivity contribution in [3.8, 4) is 0 Å². The molecule has 2 N–H and O–H groups in total. The average Bonchev–Trinajstić information content (AvgIpc) is 3.19. The number of aromatic nitrogens is 4. The fourth-order valence-electron chi connectivity index (χ4n) is 2.34. The number of hydrogen-bond acceptors (Lipinski definition) is 6. The monoisotopic (exact) mass is 518 g/mol. The van der Waals surface area contributed by atoms with Crippen LogP contribution < -0.4 is 0 Å². The van der Waals surface area contributed by atoms with Gasteiger partial charge in [0.1, 0.15) is 3.70 Å². The lowest BCUT2D eigenvalue weighted by molar-refractivity contribution is 0.600. The topological polar surface area (TPSA) is 126 Å². The molecular weight excluding hydrogens is 503 g/mol. The molecule has 2 aromatic heterocycles. The Morgan fingerprint density at radius 2 is 1.52 bits per heavy atom. The van der Waals surface area contributed by atoms with Crippen LogP contribution in [0.4, 0.5) is 0 Å². The van der Waals surface area contributed by atoms with Crippen LogP contribution in [0.15, 0.2) is 52.4 Å². The summed E-state index contributed by atoms with van der Waals surface area (Å²) in [6.45, 7) is 0. The molecule has 0 unspecified atom stereocenters. The third-order valence-electron chi connectivity index (χ3n) is 3.75. The van der Waals surface area contributed by atoms with Gasteiger partial charge in [0.2, 0.25) is 0 Å². The van der Waals surface area contributed by atoms with Gasteiger partial charge in [-0.05, 0) is 59.0 Å². The molecule has 0 saturated heterocycles. The zero-order valence-corrected chi connectivity index (χ0v) is 18.1. The minimum absolute atomic E-state index is 0.299. The number of aromatic amines is 2. The summed E-state index contributed by atoms with van der Waals surface area (Å²) in [6, 6.07) is 9.82. The Kier molecular flexibility index (Phi) is 5.27. The van der Waals surface area contributed by atoms with E-state index in [0.717, 1.165) is 20.0 Å². The molecule has 0 atom stereocenters. The lowest BCUT2D eigenvalue weighted by atomic mass is 10.3. The normalized spacial score (nSPS) is 12.1. The van der Waals surface area contributed by atoms with Crippen molar-refractivity contribution >= 4 is 64.1 Å². The van der Waals surface area contributed by atoms with E-state index in [1.54, 1.807) is 42.6 Å². The molecule has 142 valence electrons. The second-order valence-electron chi connectivity index (χ2n) is 5.88. The predicted octanol–water partition coefficient (Wildman–Crippen LogP) is 2.54. The number of rotatable bonds is 2. The molecule has 0 bridgehead atoms.